The van der Waals surface area contributed by atoms with Crippen molar-refractivity contribution in [1.82, 2.24) is 4.98 Å². The minimum Gasteiger partial charge on any atom is -0.457 e. The zero-order valence-electron chi connectivity index (χ0n) is 18.3. The fraction of sp³-hybridized carbons (Fsp3) is 0. The predicted molar refractivity (Wildman–Crippen MR) is 139 cm³/mol. The first kappa shape index (κ1) is 21.4. The molecule has 0 atom stereocenters. The molecular weight excluding hydrogens is 436 g/mol. The van der Waals surface area contributed by atoms with Crippen LogP contribution in [0.15, 0.2) is 115 Å². The maximum Gasteiger partial charge on any atom is 0.134 e. The molecule has 0 bridgehead atoms. The van der Waals surface area contributed by atoms with Crippen LogP contribution in [0.1, 0.15) is 10.6 Å². The van der Waals surface area contributed by atoms with Crippen LogP contribution in [0.5, 0.6) is 11.5 Å². The number of benzene rings is 4. The lowest BCUT2D eigenvalue weighted by molar-refractivity contribution is 0.482. The van der Waals surface area contributed by atoms with Crippen molar-refractivity contribution in [2.24, 2.45) is 0 Å². The van der Waals surface area contributed by atoms with Gasteiger partial charge >= 0.3 is 0 Å². The van der Waals surface area contributed by atoms with Crippen LogP contribution in [-0.2, 0) is 0 Å². The van der Waals surface area contributed by atoms with E-state index in [0.29, 0.717) is 10.6 Å². The maximum absolute atomic E-state index is 9.80. The van der Waals surface area contributed by atoms with Gasteiger partial charge in [-0.15, -0.1) is 11.3 Å². The van der Waals surface area contributed by atoms with Crippen molar-refractivity contribution in [3.05, 3.63) is 125 Å². The highest BCUT2D eigenvalue weighted by Gasteiger charge is 2.10. The van der Waals surface area contributed by atoms with Gasteiger partial charge in [0, 0.05) is 10.9 Å². The normalized spacial score (nSPS) is 11.1. The van der Waals surface area contributed by atoms with E-state index in [2.05, 4.69) is 42.5 Å². The third-order valence-corrected chi connectivity index (χ3v) is 6.17. The summed E-state index contributed by atoms with van der Waals surface area (Å²) in [5, 5.41) is 12.5. The monoisotopic (exact) mass is 456 g/mol. The topological polar surface area (TPSA) is 45.9 Å². The lowest BCUT2D eigenvalue weighted by atomic mass is 10.0. The first-order valence-electron chi connectivity index (χ1n) is 10.8. The molecule has 0 N–H and O–H groups in total. The second kappa shape index (κ2) is 9.99. The van der Waals surface area contributed by atoms with Gasteiger partial charge in [-0.25, -0.2) is 4.98 Å². The van der Waals surface area contributed by atoms with E-state index in [0.717, 1.165) is 33.9 Å². The molecule has 0 fully saturated rings. The SMILES string of the molecule is N#CC(=Cc1cccc(Oc2ccccc2)c1)c1nc(-c2ccc(-c3ccccc3)cc2)cs1. The zero-order valence-corrected chi connectivity index (χ0v) is 19.1. The first-order chi connectivity index (χ1) is 16.8. The Morgan fingerprint density at radius 2 is 1.38 bits per heavy atom. The quantitative estimate of drug-likeness (QED) is 0.241. The van der Waals surface area contributed by atoms with Crippen LogP contribution in [0.4, 0.5) is 0 Å². The minimum atomic E-state index is 0.522. The van der Waals surface area contributed by atoms with Gasteiger partial charge in [-0.05, 0) is 47.0 Å². The Labute approximate surface area is 202 Å². The van der Waals surface area contributed by atoms with E-state index in [9.17, 15) is 5.26 Å². The van der Waals surface area contributed by atoms with Crippen molar-refractivity contribution in [1.29, 1.82) is 5.26 Å². The molecule has 0 saturated carbocycles. The van der Waals surface area contributed by atoms with Crippen molar-refractivity contribution in [3.63, 3.8) is 0 Å². The highest BCUT2D eigenvalue weighted by Crippen LogP contribution is 2.30. The molecule has 0 radical (unpaired) electrons. The molecular formula is C30H20N2OS. The van der Waals surface area contributed by atoms with Gasteiger partial charge < -0.3 is 4.74 Å². The van der Waals surface area contributed by atoms with Crippen LogP contribution in [-0.4, -0.2) is 4.98 Å². The molecule has 5 rings (SSSR count). The molecule has 0 aliphatic heterocycles. The van der Waals surface area contributed by atoms with Crippen molar-refractivity contribution in [3.8, 4) is 40.0 Å². The van der Waals surface area contributed by atoms with E-state index >= 15 is 0 Å². The Morgan fingerprint density at radius 3 is 2.12 bits per heavy atom. The highest BCUT2D eigenvalue weighted by atomic mass is 32.1. The minimum absolute atomic E-state index is 0.522. The van der Waals surface area contributed by atoms with Gasteiger partial charge in [-0.2, -0.15) is 5.26 Å². The van der Waals surface area contributed by atoms with Crippen LogP contribution in [0.25, 0.3) is 34.0 Å². The van der Waals surface area contributed by atoms with Gasteiger partial charge in [-0.3, -0.25) is 0 Å². The van der Waals surface area contributed by atoms with Crippen molar-refractivity contribution >= 4 is 23.0 Å². The van der Waals surface area contributed by atoms with E-state index in [1.807, 2.05) is 84.3 Å². The summed E-state index contributed by atoms with van der Waals surface area (Å²) >= 11 is 1.47. The second-order valence-electron chi connectivity index (χ2n) is 7.64. The van der Waals surface area contributed by atoms with Gasteiger partial charge in [-0.1, -0.05) is 84.9 Å². The summed E-state index contributed by atoms with van der Waals surface area (Å²) in [6.07, 6.45) is 1.85. The third-order valence-electron chi connectivity index (χ3n) is 5.29. The Hall–Kier alpha value is -4.46. The summed E-state index contributed by atoms with van der Waals surface area (Å²) in [6, 6.07) is 38.2. The van der Waals surface area contributed by atoms with Gasteiger partial charge in [0.05, 0.1) is 11.3 Å². The van der Waals surface area contributed by atoms with Crippen molar-refractivity contribution in [2.45, 2.75) is 0 Å². The number of rotatable bonds is 6. The Balaban J connectivity index is 1.37. The van der Waals surface area contributed by atoms with Crippen LogP contribution < -0.4 is 4.74 Å². The maximum atomic E-state index is 9.80. The van der Waals surface area contributed by atoms with E-state index < -0.39 is 0 Å². The largest absolute Gasteiger partial charge is 0.457 e. The van der Waals surface area contributed by atoms with Crippen LogP contribution >= 0.6 is 11.3 Å². The number of nitriles is 1. The summed E-state index contributed by atoms with van der Waals surface area (Å²) in [5.74, 6) is 1.49. The van der Waals surface area contributed by atoms with Gasteiger partial charge in [0.25, 0.3) is 0 Å². The van der Waals surface area contributed by atoms with Crippen LogP contribution in [0.2, 0.25) is 0 Å². The lowest BCUT2D eigenvalue weighted by Crippen LogP contribution is -1.86. The number of aromatic nitrogens is 1. The van der Waals surface area contributed by atoms with Crippen molar-refractivity contribution in [2.75, 3.05) is 0 Å². The smallest absolute Gasteiger partial charge is 0.134 e. The van der Waals surface area contributed by atoms with Gasteiger partial charge in [0.2, 0.25) is 0 Å². The molecule has 162 valence electrons. The van der Waals surface area contributed by atoms with Gasteiger partial charge in [0.15, 0.2) is 0 Å². The van der Waals surface area contributed by atoms with Crippen LogP contribution in [0, 0.1) is 11.3 Å². The summed E-state index contributed by atoms with van der Waals surface area (Å²) in [5.41, 5.74) is 5.64. The molecule has 3 nitrogen and oxygen atoms in total. The lowest BCUT2D eigenvalue weighted by Gasteiger charge is -2.06. The second-order valence-corrected chi connectivity index (χ2v) is 8.50. The molecule has 4 aromatic carbocycles. The first-order valence-corrected chi connectivity index (χ1v) is 11.7. The molecule has 34 heavy (non-hydrogen) atoms. The van der Waals surface area contributed by atoms with Crippen molar-refractivity contribution < 1.29 is 4.74 Å². The Morgan fingerprint density at radius 1 is 0.735 bits per heavy atom. The fourth-order valence-electron chi connectivity index (χ4n) is 3.60. The van der Waals surface area contributed by atoms with Gasteiger partial charge in [0.1, 0.15) is 22.6 Å². The summed E-state index contributed by atoms with van der Waals surface area (Å²) < 4.78 is 5.92. The molecule has 4 heteroatoms. The molecule has 0 spiro atoms. The number of thiazole rings is 1. The molecule has 1 heterocycles. The molecule has 0 amide bonds. The molecule has 0 aliphatic carbocycles. The van der Waals surface area contributed by atoms with E-state index in [-0.39, 0.29) is 0 Å². The molecule has 0 unspecified atom stereocenters. The molecule has 5 aromatic rings. The third kappa shape index (κ3) is 4.96. The van der Waals surface area contributed by atoms with E-state index in [1.165, 1.54) is 16.9 Å². The average Bonchev–Trinajstić information content (AvgIpc) is 3.39. The Kier molecular flexibility index (Phi) is 6.29. The average molecular weight is 457 g/mol. The number of hydrogen-bond donors (Lipinski definition) is 0. The fourth-order valence-corrected chi connectivity index (χ4v) is 4.39. The molecule has 0 saturated heterocycles. The standard InChI is InChI=1S/C30H20N2OS/c31-20-26(18-22-8-7-13-28(19-22)33-27-11-5-2-6-12-27)30-32-29(21-34-30)25-16-14-24(15-17-25)23-9-3-1-4-10-23/h1-19,21H. The number of para-hydroxylation sites is 1. The highest BCUT2D eigenvalue weighted by molar-refractivity contribution is 7.11. The number of nitrogens with zero attached hydrogens (tertiary/aromatic N) is 2. The summed E-state index contributed by atoms with van der Waals surface area (Å²) in [6.45, 7) is 0. The van der Waals surface area contributed by atoms with E-state index in [4.69, 9.17) is 9.72 Å². The number of ether oxygens (including phenoxy) is 1. The molecule has 0 aliphatic rings. The number of allylic oxidation sites excluding steroid dienone is 1. The zero-order chi connectivity index (χ0) is 23.2. The number of hydrogen-bond acceptors (Lipinski definition) is 4. The summed E-state index contributed by atoms with van der Waals surface area (Å²) in [4.78, 5) is 4.74. The summed E-state index contributed by atoms with van der Waals surface area (Å²) in [7, 11) is 0. The Bertz CT molecular complexity index is 1460. The van der Waals surface area contributed by atoms with E-state index in [1.54, 1.807) is 0 Å². The molecule has 1 aromatic heterocycles. The predicted octanol–water partition coefficient (Wildman–Crippen LogP) is 8.33. The van der Waals surface area contributed by atoms with Crippen LogP contribution in [0.3, 0.4) is 0 Å².